The number of carbonyl (C=O) groups is 2. The molecule has 1 saturated carbocycles. The Bertz CT molecular complexity index is 641. The zero-order valence-electron chi connectivity index (χ0n) is 15.6. The van der Waals surface area contributed by atoms with Crippen molar-refractivity contribution < 1.29 is 9.59 Å². The average Bonchev–Trinajstić information content (AvgIpc) is 2.93. The molecule has 142 valence electrons. The van der Waals surface area contributed by atoms with Gasteiger partial charge in [0.05, 0.1) is 5.92 Å². The van der Waals surface area contributed by atoms with Crippen LogP contribution in [0.5, 0.6) is 0 Å². The van der Waals surface area contributed by atoms with Gasteiger partial charge in [0.1, 0.15) is 0 Å². The van der Waals surface area contributed by atoms with Crippen LogP contribution in [0.15, 0.2) is 24.3 Å². The number of hydrogen-bond acceptors (Lipinski definition) is 2. The molecule has 1 heterocycles. The Hall–Kier alpha value is -1.55. The van der Waals surface area contributed by atoms with Gasteiger partial charge in [0.2, 0.25) is 11.8 Å². The normalized spacial score (nSPS) is 22.2. The first kappa shape index (κ1) is 19.2. The molecule has 0 spiro atoms. The minimum absolute atomic E-state index is 0.0940. The molecule has 1 aliphatic carbocycles. The molecule has 2 amide bonds. The second-order valence-corrected chi connectivity index (χ2v) is 8.12. The van der Waals surface area contributed by atoms with Crippen LogP contribution < -0.4 is 0 Å². The molecule has 2 fully saturated rings. The van der Waals surface area contributed by atoms with E-state index in [0.29, 0.717) is 37.0 Å². The van der Waals surface area contributed by atoms with Crippen LogP contribution in [0.2, 0.25) is 5.02 Å². The molecular formula is C21H29ClN2O2. The highest BCUT2D eigenvalue weighted by Gasteiger charge is 2.35. The van der Waals surface area contributed by atoms with E-state index in [0.717, 1.165) is 18.4 Å². The smallest absolute Gasteiger partial charge is 0.227 e. The lowest BCUT2D eigenvalue weighted by atomic mass is 9.93. The van der Waals surface area contributed by atoms with E-state index in [4.69, 9.17) is 11.6 Å². The van der Waals surface area contributed by atoms with Gasteiger partial charge in [-0.3, -0.25) is 9.59 Å². The number of benzene rings is 1. The highest BCUT2D eigenvalue weighted by molar-refractivity contribution is 6.31. The second kappa shape index (κ2) is 8.90. The summed E-state index contributed by atoms with van der Waals surface area (Å²) in [5.74, 6) is 0.259. The standard InChI is InChI=1S/C21H29ClN2O2/c1-23(14-16-8-6-7-11-19(16)22)21(26)17-12-13-20(25)24(15-17)18-9-4-2-3-5-10-18/h6-8,11,17-18H,2-5,9-10,12-15H2,1H3/t17-/m0/s1. The van der Waals surface area contributed by atoms with Gasteiger partial charge in [-0.05, 0) is 30.9 Å². The van der Waals surface area contributed by atoms with E-state index in [9.17, 15) is 9.59 Å². The number of carbonyl (C=O) groups excluding carboxylic acids is 2. The van der Waals surface area contributed by atoms with Crippen molar-refractivity contribution in [2.75, 3.05) is 13.6 Å². The van der Waals surface area contributed by atoms with E-state index >= 15 is 0 Å². The van der Waals surface area contributed by atoms with Crippen molar-refractivity contribution in [2.45, 2.75) is 64.0 Å². The molecular weight excluding hydrogens is 348 g/mol. The Morgan fingerprint density at radius 3 is 2.54 bits per heavy atom. The summed E-state index contributed by atoms with van der Waals surface area (Å²) in [7, 11) is 1.83. The summed E-state index contributed by atoms with van der Waals surface area (Å²) in [5.41, 5.74) is 0.956. The molecule has 1 aromatic rings. The molecule has 5 heteroatoms. The average molecular weight is 377 g/mol. The minimum Gasteiger partial charge on any atom is -0.341 e. The van der Waals surface area contributed by atoms with E-state index < -0.39 is 0 Å². The SMILES string of the molecule is CN(Cc1ccccc1Cl)C(=O)[C@H]1CCC(=O)N(C2CCCCCC2)C1. The van der Waals surface area contributed by atoms with Crippen molar-refractivity contribution in [3.63, 3.8) is 0 Å². The van der Waals surface area contributed by atoms with Crippen LogP contribution in [0.25, 0.3) is 0 Å². The number of rotatable bonds is 4. The first-order valence-electron chi connectivity index (χ1n) is 9.84. The van der Waals surface area contributed by atoms with E-state index in [-0.39, 0.29) is 17.7 Å². The van der Waals surface area contributed by atoms with Crippen LogP contribution in [-0.4, -0.2) is 41.2 Å². The van der Waals surface area contributed by atoms with Crippen molar-refractivity contribution >= 4 is 23.4 Å². The summed E-state index contributed by atoms with van der Waals surface area (Å²) in [4.78, 5) is 29.2. The van der Waals surface area contributed by atoms with Crippen molar-refractivity contribution in [1.29, 1.82) is 0 Å². The molecule has 0 radical (unpaired) electrons. The molecule has 1 saturated heterocycles. The predicted molar refractivity (Wildman–Crippen MR) is 104 cm³/mol. The lowest BCUT2D eigenvalue weighted by Gasteiger charge is -2.38. The maximum absolute atomic E-state index is 13.0. The van der Waals surface area contributed by atoms with Crippen LogP contribution in [-0.2, 0) is 16.1 Å². The molecule has 0 unspecified atom stereocenters. The summed E-state index contributed by atoms with van der Waals surface area (Å²) < 4.78 is 0. The van der Waals surface area contributed by atoms with E-state index in [2.05, 4.69) is 0 Å². The summed E-state index contributed by atoms with van der Waals surface area (Å²) in [6, 6.07) is 7.96. The Morgan fingerprint density at radius 2 is 1.85 bits per heavy atom. The molecule has 2 aliphatic rings. The van der Waals surface area contributed by atoms with Crippen molar-refractivity contribution in [1.82, 2.24) is 9.80 Å². The van der Waals surface area contributed by atoms with Crippen molar-refractivity contribution in [2.24, 2.45) is 5.92 Å². The molecule has 0 N–H and O–H groups in total. The zero-order valence-corrected chi connectivity index (χ0v) is 16.4. The van der Waals surface area contributed by atoms with Crippen molar-refractivity contribution in [3.8, 4) is 0 Å². The molecule has 4 nitrogen and oxygen atoms in total. The largest absolute Gasteiger partial charge is 0.341 e. The van der Waals surface area contributed by atoms with Gasteiger partial charge < -0.3 is 9.80 Å². The van der Waals surface area contributed by atoms with Gasteiger partial charge in [0.15, 0.2) is 0 Å². The van der Waals surface area contributed by atoms with E-state index in [1.165, 1.54) is 25.7 Å². The molecule has 0 aromatic heterocycles. The van der Waals surface area contributed by atoms with Crippen LogP contribution in [0.1, 0.15) is 56.9 Å². The molecule has 1 aromatic carbocycles. The number of hydrogen-bond donors (Lipinski definition) is 0. The third-order valence-electron chi connectivity index (χ3n) is 5.80. The fraction of sp³-hybridized carbons (Fsp3) is 0.619. The van der Waals surface area contributed by atoms with Crippen LogP contribution >= 0.6 is 11.6 Å². The van der Waals surface area contributed by atoms with Gasteiger partial charge in [-0.1, -0.05) is 55.5 Å². The van der Waals surface area contributed by atoms with Gasteiger partial charge in [0, 0.05) is 37.6 Å². The maximum atomic E-state index is 13.0. The number of piperidine rings is 1. The summed E-state index contributed by atoms with van der Waals surface area (Å²) in [5, 5.41) is 0.686. The van der Waals surface area contributed by atoms with Crippen molar-refractivity contribution in [3.05, 3.63) is 34.9 Å². The zero-order chi connectivity index (χ0) is 18.5. The molecule has 0 bridgehead atoms. The number of likely N-dealkylation sites (tertiary alicyclic amines) is 1. The summed E-state index contributed by atoms with van der Waals surface area (Å²) in [6.45, 7) is 1.08. The van der Waals surface area contributed by atoms with Gasteiger partial charge in [-0.15, -0.1) is 0 Å². The highest BCUT2D eigenvalue weighted by atomic mass is 35.5. The quantitative estimate of drug-likeness (QED) is 0.736. The van der Waals surface area contributed by atoms with Gasteiger partial charge >= 0.3 is 0 Å². The monoisotopic (exact) mass is 376 g/mol. The first-order chi connectivity index (χ1) is 12.6. The van der Waals surface area contributed by atoms with Gasteiger partial charge in [0.25, 0.3) is 0 Å². The Labute approximate surface area is 161 Å². The van der Waals surface area contributed by atoms with Crippen LogP contribution in [0.4, 0.5) is 0 Å². The van der Waals surface area contributed by atoms with Gasteiger partial charge in [-0.25, -0.2) is 0 Å². The number of nitrogens with zero attached hydrogens (tertiary/aromatic N) is 2. The molecule has 3 rings (SSSR count). The third kappa shape index (κ3) is 4.59. The maximum Gasteiger partial charge on any atom is 0.227 e. The summed E-state index contributed by atoms with van der Waals surface area (Å²) >= 11 is 6.23. The van der Waals surface area contributed by atoms with Crippen LogP contribution in [0.3, 0.4) is 0 Å². The molecule has 1 aliphatic heterocycles. The lowest BCUT2D eigenvalue weighted by Crippen LogP contribution is -2.50. The van der Waals surface area contributed by atoms with Gasteiger partial charge in [-0.2, -0.15) is 0 Å². The first-order valence-corrected chi connectivity index (χ1v) is 10.2. The second-order valence-electron chi connectivity index (χ2n) is 7.71. The lowest BCUT2D eigenvalue weighted by molar-refractivity contribution is -0.144. The summed E-state index contributed by atoms with van der Waals surface area (Å²) in [6.07, 6.45) is 8.24. The predicted octanol–water partition coefficient (Wildman–Crippen LogP) is 4.26. The highest BCUT2D eigenvalue weighted by Crippen LogP contribution is 2.28. The Balaban J connectivity index is 1.63. The van der Waals surface area contributed by atoms with E-state index in [1.54, 1.807) is 4.90 Å². The molecule has 26 heavy (non-hydrogen) atoms. The Morgan fingerprint density at radius 1 is 1.15 bits per heavy atom. The molecule has 1 atom stereocenters. The van der Waals surface area contributed by atoms with E-state index in [1.807, 2.05) is 36.2 Å². The Kier molecular flexibility index (Phi) is 6.58. The minimum atomic E-state index is -0.0940. The number of halogens is 1. The van der Waals surface area contributed by atoms with Crippen LogP contribution in [0, 0.1) is 5.92 Å². The third-order valence-corrected chi connectivity index (χ3v) is 6.17. The number of amides is 2. The fourth-order valence-electron chi connectivity index (χ4n) is 4.27. The topological polar surface area (TPSA) is 40.6 Å². The fourth-order valence-corrected chi connectivity index (χ4v) is 4.46.